The summed E-state index contributed by atoms with van der Waals surface area (Å²) in [6.07, 6.45) is 0. The molecule has 1 aromatic heterocycles. The summed E-state index contributed by atoms with van der Waals surface area (Å²) in [5.41, 5.74) is 4.49. The minimum atomic E-state index is -0.387. The third kappa shape index (κ3) is 3.61. The van der Waals surface area contributed by atoms with E-state index in [0.717, 1.165) is 16.6 Å². The molecule has 2 aromatic carbocycles. The van der Waals surface area contributed by atoms with Crippen molar-refractivity contribution in [1.82, 2.24) is 9.78 Å². The molecule has 1 heterocycles. The Hall–Kier alpha value is -2.62. The summed E-state index contributed by atoms with van der Waals surface area (Å²) in [6, 6.07) is 14.3. The molecule has 4 nitrogen and oxygen atoms in total. The van der Waals surface area contributed by atoms with Crippen LogP contribution in [0.2, 0.25) is 0 Å². The molecule has 0 atom stereocenters. The van der Waals surface area contributed by atoms with Crippen molar-refractivity contribution in [2.45, 2.75) is 52.4 Å². The normalized spacial score (nSPS) is 12.4. The van der Waals surface area contributed by atoms with Crippen molar-refractivity contribution in [1.29, 1.82) is 0 Å². The molecule has 0 radical (unpaired) electrons. The van der Waals surface area contributed by atoms with Crippen LogP contribution in [0.1, 0.15) is 63.2 Å². The van der Waals surface area contributed by atoms with E-state index < -0.39 is 0 Å². The molecule has 0 aliphatic heterocycles. The molecule has 0 aliphatic rings. The highest BCUT2D eigenvalue weighted by molar-refractivity contribution is 6.03. The van der Waals surface area contributed by atoms with E-state index in [2.05, 4.69) is 65.8 Å². The number of esters is 1. The lowest BCUT2D eigenvalue weighted by atomic mass is 9.86. The lowest BCUT2D eigenvalue weighted by Crippen LogP contribution is -2.14. The van der Waals surface area contributed by atoms with Crippen molar-refractivity contribution in [2.75, 3.05) is 7.11 Å². The van der Waals surface area contributed by atoms with Gasteiger partial charge in [-0.25, -0.2) is 9.48 Å². The molecular formula is C23H28N2O2. The zero-order chi connectivity index (χ0) is 20.0. The molecule has 27 heavy (non-hydrogen) atoms. The summed E-state index contributed by atoms with van der Waals surface area (Å²) in [7, 11) is 1.40. The third-order valence-electron chi connectivity index (χ3n) is 4.87. The molecule has 0 aliphatic carbocycles. The quantitative estimate of drug-likeness (QED) is 0.571. The van der Waals surface area contributed by atoms with Crippen molar-refractivity contribution < 1.29 is 9.53 Å². The lowest BCUT2D eigenvalue weighted by molar-refractivity contribution is 0.0592. The van der Waals surface area contributed by atoms with Crippen LogP contribution >= 0.6 is 0 Å². The lowest BCUT2D eigenvalue weighted by Gasteiger charge is -2.20. The van der Waals surface area contributed by atoms with Gasteiger partial charge in [-0.15, -0.1) is 0 Å². The standard InChI is InChI=1S/C23H28N2O2/c1-22(2,3)15-9-8-10-17(13-15)25-20(21(26)27-7)18-12-11-16(23(4,5)6)14-19(18)24-25/h8-14H,1-7H3. The number of rotatable bonds is 2. The van der Waals surface area contributed by atoms with E-state index in [1.165, 1.54) is 18.2 Å². The van der Waals surface area contributed by atoms with Gasteiger partial charge in [-0.05, 0) is 46.2 Å². The number of fused-ring (bicyclic) bond motifs is 1. The number of nitrogens with zero attached hydrogens (tertiary/aromatic N) is 2. The number of ether oxygens (including phenoxy) is 1. The van der Waals surface area contributed by atoms with E-state index in [1.54, 1.807) is 4.68 Å². The molecule has 0 N–H and O–H groups in total. The zero-order valence-corrected chi connectivity index (χ0v) is 17.3. The Morgan fingerprint density at radius 3 is 2.15 bits per heavy atom. The summed E-state index contributed by atoms with van der Waals surface area (Å²) < 4.78 is 6.77. The Bertz CT molecular complexity index is 1000. The van der Waals surface area contributed by atoms with Gasteiger partial charge in [-0.2, -0.15) is 5.10 Å². The Kier molecular flexibility index (Phi) is 4.62. The summed E-state index contributed by atoms with van der Waals surface area (Å²) in [6.45, 7) is 13.0. The number of methoxy groups -OCH3 is 1. The maximum Gasteiger partial charge on any atom is 0.357 e. The number of hydrogen-bond acceptors (Lipinski definition) is 3. The molecule has 0 amide bonds. The largest absolute Gasteiger partial charge is 0.464 e. The number of aromatic nitrogens is 2. The maximum atomic E-state index is 12.6. The number of carbonyl (C=O) groups is 1. The first-order valence-electron chi connectivity index (χ1n) is 9.25. The van der Waals surface area contributed by atoms with Crippen LogP contribution in [0.4, 0.5) is 0 Å². The number of hydrogen-bond donors (Lipinski definition) is 0. The molecule has 0 unspecified atom stereocenters. The maximum absolute atomic E-state index is 12.6. The van der Waals surface area contributed by atoms with Gasteiger partial charge in [-0.1, -0.05) is 59.7 Å². The van der Waals surface area contributed by atoms with E-state index in [9.17, 15) is 4.79 Å². The molecule has 3 aromatic rings. The van der Waals surface area contributed by atoms with E-state index in [0.29, 0.717) is 5.69 Å². The third-order valence-corrected chi connectivity index (χ3v) is 4.87. The average molecular weight is 364 g/mol. The fourth-order valence-corrected chi connectivity index (χ4v) is 3.14. The molecule has 0 saturated heterocycles. The predicted octanol–water partition coefficient (Wildman–Crippen LogP) is 5.41. The topological polar surface area (TPSA) is 44.1 Å². The highest BCUT2D eigenvalue weighted by Crippen LogP contribution is 2.30. The fraction of sp³-hybridized carbons (Fsp3) is 0.391. The van der Waals surface area contributed by atoms with E-state index in [1.807, 2.05) is 18.2 Å². The van der Waals surface area contributed by atoms with Gasteiger partial charge in [-0.3, -0.25) is 0 Å². The van der Waals surface area contributed by atoms with E-state index in [4.69, 9.17) is 9.84 Å². The second-order valence-corrected chi connectivity index (χ2v) is 9.03. The van der Waals surface area contributed by atoms with E-state index >= 15 is 0 Å². The first-order valence-corrected chi connectivity index (χ1v) is 9.25. The molecule has 4 heteroatoms. The van der Waals surface area contributed by atoms with Crippen LogP contribution in [0.25, 0.3) is 16.6 Å². The molecule has 0 spiro atoms. The van der Waals surface area contributed by atoms with Crippen molar-refractivity contribution in [3.63, 3.8) is 0 Å². The first kappa shape index (κ1) is 19.2. The molecule has 0 saturated carbocycles. The van der Waals surface area contributed by atoms with Crippen LogP contribution < -0.4 is 0 Å². The minimum absolute atomic E-state index is 0.00736. The summed E-state index contributed by atoms with van der Waals surface area (Å²) in [4.78, 5) is 12.6. The summed E-state index contributed by atoms with van der Waals surface area (Å²) >= 11 is 0. The molecule has 142 valence electrons. The Morgan fingerprint density at radius 1 is 0.926 bits per heavy atom. The van der Waals surface area contributed by atoms with Gasteiger partial charge in [0.15, 0.2) is 5.69 Å². The van der Waals surface area contributed by atoms with Crippen LogP contribution in [0.5, 0.6) is 0 Å². The second kappa shape index (κ2) is 6.52. The Balaban J connectivity index is 2.27. The smallest absolute Gasteiger partial charge is 0.357 e. The van der Waals surface area contributed by atoms with Crippen molar-refractivity contribution >= 4 is 16.9 Å². The SMILES string of the molecule is COC(=O)c1c2ccc(C(C)(C)C)cc2nn1-c1cccc(C(C)(C)C)c1. The fourth-order valence-electron chi connectivity index (χ4n) is 3.14. The van der Waals surface area contributed by atoms with Gasteiger partial charge in [0, 0.05) is 5.39 Å². The van der Waals surface area contributed by atoms with Gasteiger partial charge >= 0.3 is 5.97 Å². The van der Waals surface area contributed by atoms with Gasteiger partial charge < -0.3 is 4.74 Å². The van der Waals surface area contributed by atoms with Crippen LogP contribution in [-0.4, -0.2) is 22.9 Å². The van der Waals surface area contributed by atoms with Crippen LogP contribution in [-0.2, 0) is 15.6 Å². The molecule has 0 bridgehead atoms. The Labute approximate surface area is 161 Å². The van der Waals surface area contributed by atoms with Crippen molar-refractivity contribution in [2.24, 2.45) is 0 Å². The summed E-state index contributed by atoms with van der Waals surface area (Å²) in [5, 5.41) is 5.57. The predicted molar refractivity (Wildman–Crippen MR) is 110 cm³/mol. The van der Waals surface area contributed by atoms with Crippen molar-refractivity contribution in [3.05, 3.63) is 59.3 Å². The number of carbonyl (C=O) groups excluding carboxylic acids is 1. The number of benzene rings is 2. The zero-order valence-electron chi connectivity index (χ0n) is 17.3. The van der Waals surface area contributed by atoms with Gasteiger partial charge in [0.25, 0.3) is 0 Å². The monoisotopic (exact) mass is 364 g/mol. The second-order valence-electron chi connectivity index (χ2n) is 9.03. The van der Waals surface area contributed by atoms with Crippen LogP contribution in [0.15, 0.2) is 42.5 Å². The Morgan fingerprint density at radius 2 is 1.56 bits per heavy atom. The van der Waals surface area contributed by atoms with Crippen LogP contribution in [0.3, 0.4) is 0 Å². The minimum Gasteiger partial charge on any atom is -0.464 e. The van der Waals surface area contributed by atoms with Gasteiger partial charge in [0.2, 0.25) is 0 Å². The summed E-state index contributed by atoms with van der Waals surface area (Å²) in [5.74, 6) is -0.387. The molecule has 3 rings (SSSR count). The molecular weight excluding hydrogens is 336 g/mol. The van der Waals surface area contributed by atoms with Crippen molar-refractivity contribution in [3.8, 4) is 5.69 Å². The first-order chi connectivity index (χ1) is 12.5. The molecule has 0 fully saturated rings. The van der Waals surface area contributed by atoms with Crippen LogP contribution in [0, 0.1) is 0 Å². The van der Waals surface area contributed by atoms with E-state index in [-0.39, 0.29) is 16.8 Å². The highest BCUT2D eigenvalue weighted by atomic mass is 16.5. The highest BCUT2D eigenvalue weighted by Gasteiger charge is 2.23. The van der Waals surface area contributed by atoms with Gasteiger partial charge in [0.05, 0.1) is 18.3 Å². The average Bonchev–Trinajstić information content (AvgIpc) is 2.98. The van der Waals surface area contributed by atoms with Gasteiger partial charge in [0.1, 0.15) is 0 Å².